The minimum atomic E-state index is -3.74. The lowest BCUT2D eigenvalue weighted by Crippen LogP contribution is -2.36. The van der Waals surface area contributed by atoms with Gasteiger partial charge in [0.15, 0.2) is 0 Å². The van der Waals surface area contributed by atoms with Crippen LogP contribution in [0.5, 0.6) is 5.75 Å². The summed E-state index contributed by atoms with van der Waals surface area (Å²) in [5.74, 6) is -0.0409. The van der Waals surface area contributed by atoms with Gasteiger partial charge in [0.05, 0.1) is 5.69 Å². The Morgan fingerprint density at radius 1 is 1.03 bits per heavy atom. The van der Waals surface area contributed by atoms with Crippen molar-refractivity contribution in [2.24, 2.45) is 0 Å². The molecule has 1 heterocycles. The van der Waals surface area contributed by atoms with Crippen LogP contribution in [0.3, 0.4) is 0 Å². The van der Waals surface area contributed by atoms with E-state index in [1.54, 1.807) is 30.3 Å². The number of nitrogens with zero attached hydrogens (tertiary/aromatic N) is 1. The number of nitrogens with one attached hydrogen (secondary N) is 2. The van der Waals surface area contributed by atoms with Gasteiger partial charge in [-0.2, -0.15) is 13.1 Å². The van der Waals surface area contributed by atoms with E-state index in [4.69, 9.17) is 0 Å². The van der Waals surface area contributed by atoms with Crippen molar-refractivity contribution >= 4 is 21.7 Å². The van der Waals surface area contributed by atoms with Gasteiger partial charge < -0.3 is 15.4 Å². The highest BCUT2D eigenvalue weighted by Gasteiger charge is 2.28. The minimum absolute atomic E-state index is 0.0171. The van der Waals surface area contributed by atoms with Crippen LogP contribution in [0.25, 0.3) is 0 Å². The van der Waals surface area contributed by atoms with E-state index in [2.05, 4.69) is 15.4 Å². The van der Waals surface area contributed by atoms with Crippen LogP contribution in [-0.4, -0.2) is 38.5 Å². The summed E-state index contributed by atoms with van der Waals surface area (Å²) in [6.07, 6.45) is 2.59. The third-order valence-corrected chi connectivity index (χ3v) is 6.65. The molecule has 2 aromatic rings. The van der Waals surface area contributed by atoms with Crippen molar-refractivity contribution in [1.29, 1.82) is 0 Å². The van der Waals surface area contributed by atoms with Crippen molar-refractivity contribution in [3.05, 3.63) is 54.1 Å². The number of alkyl halides is 2. The highest BCUT2D eigenvalue weighted by molar-refractivity contribution is 7.89. The van der Waals surface area contributed by atoms with E-state index in [1.807, 2.05) is 0 Å². The molecule has 2 amide bonds. The van der Waals surface area contributed by atoms with E-state index in [9.17, 15) is 22.0 Å². The lowest BCUT2D eigenvalue weighted by Gasteiger charge is -2.26. The van der Waals surface area contributed by atoms with E-state index in [1.165, 1.54) is 22.5 Å². The van der Waals surface area contributed by atoms with Crippen LogP contribution in [0.15, 0.2) is 53.4 Å². The Morgan fingerprint density at radius 3 is 2.43 bits per heavy atom. The van der Waals surface area contributed by atoms with Gasteiger partial charge in [0, 0.05) is 25.2 Å². The maximum atomic E-state index is 13.0. The van der Waals surface area contributed by atoms with Crippen LogP contribution in [0.2, 0.25) is 0 Å². The number of amides is 2. The smallest absolute Gasteiger partial charge is 0.387 e. The second kappa shape index (κ2) is 9.86. The zero-order valence-electron chi connectivity index (χ0n) is 16.2. The summed E-state index contributed by atoms with van der Waals surface area (Å²) in [4.78, 5) is 12.4. The molecule has 0 spiro atoms. The molecule has 0 unspecified atom stereocenters. The van der Waals surface area contributed by atoms with Gasteiger partial charge in [0.2, 0.25) is 10.0 Å². The van der Waals surface area contributed by atoms with Crippen molar-refractivity contribution in [3.8, 4) is 5.75 Å². The maximum absolute atomic E-state index is 13.0. The zero-order chi connectivity index (χ0) is 21.6. The van der Waals surface area contributed by atoms with Gasteiger partial charge in [-0.05, 0) is 31.0 Å². The van der Waals surface area contributed by atoms with Crippen LogP contribution in [0.1, 0.15) is 24.8 Å². The van der Waals surface area contributed by atoms with Crippen LogP contribution in [-0.2, 0) is 16.6 Å². The highest BCUT2D eigenvalue weighted by Crippen LogP contribution is 2.27. The first-order chi connectivity index (χ1) is 14.4. The molecule has 0 atom stereocenters. The first-order valence-electron chi connectivity index (χ1n) is 9.54. The van der Waals surface area contributed by atoms with E-state index < -0.39 is 22.7 Å². The third-order valence-electron chi connectivity index (χ3n) is 4.70. The second-order valence-corrected chi connectivity index (χ2v) is 8.66. The SMILES string of the molecule is O=C(NCc1ccccc1OC(F)F)Nc1ccccc1S(=O)(=O)N1CCCCC1. The number of piperidine rings is 1. The van der Waals surface area contributed by atoms with E-state index >= 15 is 0 Å². The summed E-state index contributed by atoms with van der Waals surface area (Å²) in [5, 5.41) is 5.08. The average molecular weight is 439 g/mol. The average Bonchev–Trinajstić information content (AvgIpc) is 2.73. The number of hydrogen-bond donors (Lipinski definition) is 2. The number of carbonyl (C=O) groups excluding carboxylic acids is 1. The van der Waals surface area contributed by atoms with Gasteiger partial charge in [-0.25, -0.2) is 13.2 Å². The first kappa shape index (κ1) is 22.0. The fourth-order valence-corrected chi connectivity index (χ4v) is 4.91. The number of carbonyl (C=O) groups is 1. The number of rotatable bonds is 7. The number of anilines is 1. The number of sulfonamides is 1. The minimum Gasteiger partial charge on any atom is -0.434 e. The first-order valence-corrected chi connectivity index (χ1v) is 11.0. The van der Waals surface area contributed by atoms with Crippen LogP contribution >= 0.6 is 0 Å². The summed E-state index contributed by atoms with van der Waals surface area (Å²) in [5.41, 5.74) is 0.514. The van der Waals surface area contributed by atoms with Gasteiger partial charge in [-0.15, -0.1) is 0 Å². The molecule has 7 nitrogen and oxygen atoms in total. The van der Waals surface area contributed by atoms with Crippen molar-refractivity contribution in [2.45, 2.75) is 37.3 Å². The number of benzene rings is 2. The molecule has 10 heteroatoms. The molecule has 3 rings (SSSR count). The molecule has 0 bridgehead atoms. The van der Waals surface area contributed by atoms with Crippen molar-refractivity contribution < 1.29 is 26.7 Å². The van der Waals surface area contributed by atoms with Gasteiger partial charge in [0.1, 0.15) is 10.6 Å². The molecule has 30 heavy (non-hydrogen) atoms. The largest absolute Gasteiger partial charge is 0.434 e. The molecule has 2 N–H and O–H groups in total. The Labute approximate surface area is 174 Å². The van der Waals surface area contributed by atoms with Crippen LogP contribution < -0.4 is 15.4 Å². The molecule has 1 fully saturated rings. The fourth-order valence-electron chi connectivity index (χ4n) is 3.24. The highest BCUT2D eigenvalue weighted by atomic mass is 32.2. The Morgan fingerprint density at radius 2 is 1.70 bits per heavy atom. The molecule has 0 radical (unpaired) electrons. The molecule has 1 aliphatic rings. The summed E-state index contributed by atoms with van der Waals surface area (Å²) in [7, 11) is -3.74. The number of hydrogen-bond acceptors (Lipinski definition) is 4. The predicted molar refractivity (Wildman–Crippen MR) is 108 cm³/mol. The van der Waals surface area contributed by atoms with Crippen molar-refractivity contribution in [3.63, 3.8) is 0 Å². The molecule has 0 aromatic heterocycles. The molecular weight excluding hydrogens is 416 g/mol. The molecular formula is C20H23F2N3O4S. The molecule has 0 saturated carbocycles. The topological polar surface area (TPSA) is 87.7 Å². The Bertz CT molecular complexity index is 980. The van der Waals surface area contributed by atoms with E-state index in [-0.39, 0.29) is 22.9 Å². The maximum Gasteiger partial charge on any atom is 0.387 e. The second-order valence-electron chi connectivity index (χ2n) is 6.75. The summed E-state index contributed by atoms with van der Waals surface area (Å²) >= 11 is 0. The van der Waals surface area contributed by atoms with Crippen molar-refractivity contribution in [2.75, 3.05) is 18.4 Å². The monoisotopic (exact) mass is 439 g/mol. The normalized spacial score (nSPS) is 15.0. The summed E-state index contributed by atoms with van der Waals surface area (Å²) in [6.45, 7) is -2.16. The Hall–Kier alpha value is -2.72. The van der Waals surface area contributed by atoms with Gasteiger partial charge in [-0.3, -0.25) is 0 Å². The Balaban J connectivity index is 1.70. The molecule has 0 aliphatic carbocycles. The number of para-hydroxylation sites is 2. The van der Waals surface area contributed by atoms with E-state index in [0.29, 0.717) is 18.7 Å². The fraction of sp³-hybridized carbons (Fsp3) is 0.350. The number of ether oxygens (including phenoxy) is 1. The lowest BCUT2D eigenvalue weighted by atomic mass is 10.2. The molecule has 162 valence electrons. The Kier molecular flexibility index (Phi) is 7.22. The summed E-state index contributed by atoms with van der Waals surface area (Å²) < 4.78 is 56.9. The standard InChI is InChI=1S/C20H23F2N3O4S/c21-19(22)29-17-10-4-2-8-15(17)14-23-20(26)24-16-9-3-5-11-18(16)30(27,28)25-12-6-1-7-13-25/h2-5,8-11,19H,1,6-7,12-14H2,(H2,23,24,26). The van der Waals surface area contributed by atoms with Gasteiger partial charge in [-0.1, -0.05) is 36.8 Å². The van der Waals surface area contributed by atoms with E-state index in [0.717, 1.165) is 19.3 Å². The quantitative estimate of drug-likeness (QED) is 0.687. The molecule has 1 saturated heterocycles. The molecule has 2 aromatic carbocycles. The van der Waals surface area contributed by atoms with Crippen LogP contribution in [0.4, 0.5) is 19.3 Å². The lowest BCUT2D eigenvalue weighted by molar-refractivity contribution is -0.0504. The van der Waals surface area contributed by atoms with Crippen LogP contribution in [0, 0.1) is 0 Å². The summed E-state index contributed by atoms with van der Waals surface area (Å²) in [6, 6.07) is 11.6. The zero-order valence-corrected chi connectivity index (χ0v) is 17.0. The van der Waals surface area contributed by atoms with Gasteiger partial charge in [0.25, 0.3) is 0 Å². The van der Waals surface area contributed by atoms with Crippen molar-refractivity contribution in [1.82, 2.24) is 9.62 Å². The predicted octanol–water partition coefficient (Wildman–Crippen LogP) is 3.78. The third kappa shape index (κ3) is 5.45. The van der Waals surface area contributed by atoms with Gasteiger partial charge >= 0.3 is 12.6 Å². The number of halogens is 2. The molecule has 1 aliphatic heterocycles. The number of urea groups is 1.